The lowest BCUT2D eigenvalue weighted by atomic mass is 10.1. The number of amides is 6. The average molecular weight is 1690 g/mol. The molecule has 680 valence electrons. The van der Waals surface area contributed by atoms with Gasteiger partial charge in [0.25, 0.3) is 0 Å². The van der Waals surface area contributed by atoms with Crippen LogP contribution in [0.4, 0.5) is 4.79 Å². The molecule has 0 heterocycles. The van der Waals surface area contributed by atoms with Crippen LogP contribution in [0, 0.1) is 0 Å². The fourth-order valence-corrected chi connectivity index (χ4v) is 15.5. The molecule has 116 heavy (non-hydrogen) atoms. The monoisotopic (exact) mass is 1690 g/mol. The largest absolute Gasteiger partial charge is 0.475 e. The molecule has 25 nitrogen and oxygen atoms in total. The maximum atomic E-state index is 14.2. The van der Waals surface area contributed by atoms with Crippen molar-refractivity contribution < 1.29 is 88.8 Å². The number of phosphoric acid groups is 2. The molecule has 0 rings (SSSR count). The van der Waals surface area contributed by atoms with Crippen LogP contribution in [0.25, 0.3) is 0 Å². The van der Waals surface area contributed by atoms with E-state index in [4.69, 9.17) is 46.1 Å². The number of hydrogen-bond acceptors (Lipinski definition) is 19. The first-order valence-corrected chi connectivity index (χ1v) is 49.3. The van der Waals surface area contributed by atoms with Gasteiger partial charge in [0.2, 0.25) is 23.6 Å². The second-order valence-corrected chi connectivity index (χ2v) is 34.6. The number of hydrogen-bond donors (Lipinski definition) is 6. The minimum atomic E-state index is -4.42. The van der Waals surface area contributed by atoms with Crippen molar-refractivity contribution in [2.45, 2.75) is 413 Å². The van der Waals surface area contributed by atoms with Crippen LogP contribution in [0.2, 0.25) is 0 Å². The van der Waals surface area contributed by atoms with Crippen molar-refractivity contribution in [1.82, 2.24) is 31.9 Å². The van der Waals surface area contributed by atoms with Gasteiger partial charge in [-0.25, -0.2) is 13.9 Å². The molecule has 6 amide bonds. The van der Waals surface area contributed by atoms with Gasteiger partial charge in [-0.2, -0.15) is 0 Å². The van der Waals surface area contributed by atoms with Crippen molar-refractivity contribution in [3.8, 4) is 0 Å². The first kappa shape index (κ1) is 112. The summed E-state index contributed by atoms with van der Waals surface area (Å²) in [6.45, 7) is 17.5. The molecule has 0 saturated heterocycles. The van der Waals surface area contributed by atoms with Crippen LogP contribution < -0.4 is 31.9 Å². The van der Waals surface area contributed by atoms with Crippen molar-refractivity contribution >= 4 is 57.2 Å². The Morgan fingerprint density at radius 1 is 0.302 bits per heavy atom. The number of ether oxygens (including phenoxy) is 4. The minimum Gasteiger partial charge on any atom is -0.462 e. The third-order valence-corrected chi connectivity index (χ3v) is 23.0. The Kier molecular flexibility index (Phi) is 79.9. The molecule has 0 aliphatic carbocycles. The zero-order chi connectivity index (χ0) is 85.2. The van der Waals surface area contributed by atoms with Crippen LogP contribution in [-0.2, 0) is 84.0 Å². The predicted octanol–water partition coefficient (Wildman–Crippen LogP) is 21.2. The molecule has 6 N–H and O–H groups in total. The van der Waals surface area contributed by atoms with Gasteiger partial charge in [-0.15, -0.1) is 13.2 Å². The Hall–Kier alpha value is -4.29. The van der Waals surface area contributed by atoms with Crippen LogP contribution in [0.1, 0.15) is 388 Å². The summed E-state index contributed by atoms with van der Waals surface area (Å²) in [5.74, 6) is -2.00. The lowest BCUT2D eigenvalue weighted by molar-refractivity contribution is -0.151. The molecule has 0 aliphatic rings. The average Bonchev–Trinajstić information content (AvgIpc) is 0.888. The Balaban J connectivity index is 6.11. The number of nitrogens with one attached hydrogen (secondary N) is 6. The highest BCUT2D eigenvalue weighted by Gasteiger charge is 2.31. The lowest BCUT2D eigenvalue weighted by Gasteiger charge is -2.23. The van der Waals surface area contributed by atoms with Crippen LogP contribution in [0.5, 0.6) is 0 Å². The number of esters is 2. The summed E-state index contributed by atoms with van der Waals surface area (Å²) < 4.78 is 86.8. The number of carbonyl (C=O) groups excluding carboxylic acids is 7. The van der Waals surface area contributed by atoms with E-state index in [2.05, 4.69) is 86.6 Å². The Morgan fingerprint density at radius 3 is 0.871 bits per heavy atom. The van der Waals surface area contributed by atoms with E-state index in [9.17, 15) is 42.7 Å². The molecule has 0 fully saturated rings. The van der Waals surface area contributed by atoms with Gasteiger partial charge in [-0.05, 0) is 51.4 Å². The number of phosphoric ester groups is 2. The normalized spacial score (nSPS) is 13.5. The molecule has 0 aliphatic heterocycles. The first-order chi connectivity index (χ1) is 56.4. The zero-order valence-corrected chi connectivity index (χ0v) is 75.9. The van der Waals surface area contributed by atoms with E-state index in [1.807, 2.05) is 0 Å². The van der Waals surface area contributed by atoms with E-state index in [1.165, 1.54) is 153 Å². The smallest absolute Gasteiger partial charge is 0.462 e. The van der Waals surface area contributed by atoms with Crippen molar-refractivity contribution in [3.63, 3.8) is 0 Å². The van der Waals surface area contributed by atoms with Gasteiger partial charge >= 0.3 is 33.6 Å². The van der Waals surface area contributed by atoms with E-state index in [1.54, 1.807) is 0 Å². The molecule has 0 spiro atoms. The molecule has 6 atom stereocenters. The van der Waals surface area contributed by atoms with Crippen molar-refractivity contribution in [2.24, 2.45) is 0 Å². The maximum absolute atomic E-state index is 14.2. The van der Waals surface area contributed by atoms with E-state index in [-0.39, 0.29) is 128 Å². The third-order valence-electron chi connectivity index (χ3n) is 20.1. The minimum absolute atomic E-state index is 0.112. The van der Waals surface area contributed by atoms with Gasteiger partial charge in [0.05, 0.1) is 91.2 Å². The van der Waals surface area contributed by atoms with E-state index < -0.39 is 58.8 Å². The molecule has 27 heteroatoms. The molecular weight excluding hydrogens is 1520 g/mol. The van der Waals surface area contributed by atoms with Crippen molar-refractivity contribution in [3.05, 3.63) is 25.3 Å². The first-order valence-electron chi connectivity index (χ1n) is 46.4. The molecule has 0 saturated carbocycles. The van der Waals surface area contributed by atoms with Crippen molar-refractivity contribution in [2.75, 3.05) is 92.2 Å². The summed E-state index contributed by atoms with van der Waals surface area (Å²) in [5, 5.41) is 16.3. The van der Waals surface area contributed by atoms with E-state index in [0.717, 1.165) is 141 Å². The Bertz CT molecular complexity index is 2330. The predicted molar refractivity (Wildman–Crippen MR) is 467 cm³/mol. The lowest BCUT2D eigenvalue weighted by Crippen LogP contribution is -2.46. The number of carbonyl (C=O) groups is 7. The van der Waals surface area contributed by atoms with Gasteiger partial charge in [-0.3, -0.25) is 55.9 Å². The molecule has 0 radical (unpaired) electrons. The zero-order valence-electron chi connectivity index (χ0n) is 74.1. The van der Waals surface area contributed by atoms with Crippen LogP contribution >= 0.6 is 15.6 Å². The highest BCUT2D eigenvalue weighted by atomic mass is 31.2. The van der Waals surface area contributed by atoms with Gasteiger partial charge in [0.15, 0.2) is 0 Å². The highest BCUT2D eigenvalue weighted by Crippen LogP contribution is 2.50. The fraction of sp³-hybridized carbons (Fsp3) is 0.876. The summed E-state index contributed by atoms with van der Waals surface area (Å²) in [6, 6.07) is -2.54. The number of urea groups is 1. The summed E-state index contributed by atoms with van der Waals surface area (Å²) in [6.07, 6.45) is 56.4. The van der Waals surface area contributed by atoms with Crippen LogP contribution in [-0.4, -0.2) is 158 Å². The highest BCUT2D eigenvalue weighted by molar-refractivity contribution is 7.48. The molecule has 2 unspecified atom stereocenters. The number of rotatable bonds is 90. The van der Waals surface area contributed by atoms with Crippen molar-refractivity contribution in [1.29, 1.82) is 0 Å². The quantitative estimate of drug-likeness (QED) is 0.0143. The third kappa shape index (κ3) is 74.7. The van der Waals surface area contributed by atoms with Gasteiger partial charge in [-0.1, -0.05) is 311 Å². The molecule has 0 aromatic carbocycles. The second kappa shape index (κ2) is 83.0. The van der Waals surface area contributed by atoms with E-state index >= 15 is 0 Å². The summed E-state index contributed by atoms with van der Waals surface area (Å²) in [7, 11) is -8.84. The SMILES string of the molecule is C=CCOP(=O)(OCCNC(=O)NCCOP(=O)(OCC=C)OC[C@@H](COCC[C@@H](CCCCCCC)OC(=O)CCCCCCCCCCC)NC(=O)CNC(=O)CCCCCCCCCCC)OC[C@@H](COCC[C@@H](CCCCCCC)OC(=O)CCCCCCCCCCC)NC(=O)CNC(=O)CCCCCCCCCCC. The Morgan fingerprint density at radius 2 is 0.578 bits per heavy atom. The molecular formula is C89H170N6O19P2. The summed E-state index contributed by atoms with van der Waals surface area (Å²) in [5.41, 5.74) is 0. The van der Waals surface area contributed by atoms with Crippen LogP contribution in [0.15, 0.2) is 25.3 Å². The molecule has 0 aromatic heterocycles. The topological polar surface area (TPSA) is 318 Å². The standard InChI is InChI=1S/C89H170N6O19P2/c1-9-17-23-29-33-37-41-47-53-59-83(96)92-73-85(98)94-79(75-105-69-63-81(57-51-45-27-21-13-5)113-87(100)61-55-49-43-39-35-31-25-19-11-3)77-111-115(103,107-67-15-7)109-71-65-90-89(102)91-66-72-110-116(104,108-68-16-8)112-78-80(95-86(99)74-93-84(97)60-54-48-42-38-34-30-24-18-10-2)76-106-70-64-82(58-52-46-28-22-14-6)114-88(101)62-56-50-44-40-36-32-26-20-12-4/h15-16,79-82H,7-14,17-78H2,1-6H3,(H,92,96)(H,93,97)(H,94,98)(H,95,99)(H2,90,91,102)/t79-,80-,81-,82-,115?,116?/m1/s1. The maximum Gasteiger partial charge on any atom is 0.475 e. The summed E-state index contributed by atoms with van der Waals surface area (Å²) >= 11 is 0. The molecule has 0 aromatic rings. The van der Waals surface area contributed by atoms with Crippen LogP contribution in [0.3, 0.4) is 0 Å². The second-order valence-electron chi connectivity index (χ2n) is 31.3. The van der Waals surface area contributed by atoms with Gasteiger partial charge < -0.3 is 50.8 Å². The van der Waals surface area contributed by atoms with Gasteiger partial charge in [0.1, 0.15) is 12.2 Å². The van der Waals surface area contributed by atoms with E-state index in [0.29, 0.717) is 51.4 Å². The summed E-state index contributed by atoms with van der Waals surface area (Å²) in [4.78, 5) is 92.1. The van der Waals surface area contributed by atoms with Gasteiger partial charge in [0, 0.05) is 51.6 Å². The fourth-order valence-electron chi connectivity index (χ4n) is 13.1. The number of unbranched alkanes of at least 4 members (excludes halogenated alkanes) is 40. The Labute approximate surface area is 704 Å². The molecule has 0 bridgehead atoms.